The third kappa shape index (κ3) is 2.59. The first-order valence-corrected chi connectivity index (χ1v) is 3.31. The van der Waals surface area contributed by atoms with Crippen LogP contribution in [0.15, 0.2) is 24.3 Å². The minimum absolute atomic E-state index is 0. The number of hydrogen-bond acceptors (Lipinski definition) is 2. The van der Waals surface area contributed by atoms with E-state index in [1.165, 1.54) is 18.2 Å². The predicted molar refractivity (Wildman–Crippen MR) is 50.2 cm³/mol. The number of carbonyl (C=O) groups excluding carboxylic acids is 2. The summed E-state index contributed by atoms with van der Waals surface area (Å²) in [5, 5.41) is 0. The van der Waals surface area contributed by atoms with Gasteiger partial charge in [0.2, 0.25) is 11.8 Å². The van der Waals surface area contributed by atoms with Crippen LogP contribution in [0.3, 0.4) is 0 Å². The normalized spacial score (nSPS) is 8.62. The van der Waals surface area contributed by atoms with Gasteiger partial charge < -0.3 is 11.5 Å². The zero-order chi connectivity index (χ0) is 9.14. The van der Waals surface area contributed by atoms with Crippen molar-refractivity contribution in [1.82, 2.24) is 0 Å². The van der Waals surface area contributed by atoms with Crippen molar-refractivity contribution in [2.24, 2.45) is 11.5 Å². The quantitative estimate of drug-likeness (QED) is 0.695. The van der Waals surface area contributed by atoms with Crippen LogP contribution in [0.25, 0.3) is 0 Å². The van der Waals surface area contributed by atoms with Crippen molar-refractivity contribution < 1.29 is 9.59 Å². The fourth-order valence-electron chi connectivity index (χ4n) is 0.826. The molecule has 0 radical (unpaired) electrons. The molecule has 1 aromatic carbocycles. The molecule has 0 unspecified atom stereocenters. The Hall–Kier alpha value is -1.84. The highest BCUT2D eigenvalue weighted by Crippen LogP contribution is 2.03. The second-order valence-electron chi connectivity index (χ2n) is 2.31. The van der Waals surface area contributed by atoms with E-state index in [0.717, 1.165) is 0 Å². The van der Waals surface area contributed by atoms with Crippen molar-refractivity contribution in [3.63, 3.8) is 0 Å². The molecule has 0 aromatic heterocycles. The lowest BCUT2D eigenvalue weighted by molar-refractivity contribution is 0.0999. The van der Waals surface area contributed by atoms with Gasteiger partial charge in [-0.25, -0.2) is 0 Å². The van der Waals surface area contributed by atoms with Gasteiger partial charge in [-0.1, -0.05) is 13.5 Å². The minimum atomic E-state index is -0.571. The lowest BCUT2D eigenvalue weighted by Crippen LogP contribution is -2.14. The molecule has 0 aliphatic rings. The van der Waals surface area contributed by atoms with E-state index < -0.39 is 11.8 Å². The molecule has 0 aliphatic heterocycles. The van der Waals surface area contributed by atoms with Crippen LogP contribution in [0.2, 0.25) is 0 Å². The van der Waals surface area contributed by atoms with Crippen molar-refractivity contribution >= 4 is 11.8 Å². The summed E-state index contributed by atoms with van der Waals surface area (Å²) in [4.78, 5) is 21.3. The summed E-state index contributed by atoms with van der Waals surface area (Å²) >= 11 is 0. The standard InChI is InChI=1S/C8H8N2O2.CH4/c9-7(11)5-2-1-3-6(4-5)8(10)12;/h1-4H,(H2,9,11)(H2,10,12);1H4. The fourth-order valence-corrected chi connectivity index (χ4v) is 0.826. The summed E-state index contributed by atoms with van der Waals surface area (Å²) in [7, 11) is 0. The summed E-state index contributed by atoms with van der Waals surface area (Å²) < 4.78 is 0. The smallest absolute Gasteiger partial charge is 0.248 e. The number of benzene rings is 1. The van der Waals surface area contributed by atoms with E-state index in [1.54, 1.807) is 6.07 Å². The Balaban J connectivity index is 0.00000144. The third-order valence-corrected chi connectivity index (χ3v) is 1.43. The highest BCUT2D eigenvalue weighted by atomic mass is 16.1. The Labute approximate surface area is 76.5 Å². The topological polar surface area (TPSA) is 86.2 Å². The molecule has 0 saturated heterocycles. The highest BCUT2D eigenvalue weighted by molar-refractivity contribution is 5.98. The van der Waals surface area contributed by atoms with Crippen molar-refractivity contribution in [3.05, 3.63) is 35.4 Å². The van der Waals surface area contributed by atoms with Crippen molar-refractivity contribution in [3.8, 4) is 0 Å². The Bertz CT molecular complexity index is 305. The minimum Gasteiger partial charge on any atom is -0.366 e. The molecule has 1 aromatic rings. The zero-order valence-corrected chi connectivity index (χ0v) is 6.28. The first-order chi connectivity index (χ1) is 5.61. The molecule has 0 aliphatic carbocycles. The van der Waals surface area contributed by atoms with Crippen LogP contribution in [0.4, 0.5) is 0 Å². The Morgan fingerprint density at radius 3 is 1.69 bits per heavy atom. The van der Waals surface area contributed by atoms with Gasteiger partial charge >= 0.3 is 0 Å². The molecule has 0 spiro atoms. The van der Waals surface area contributed by atoms with Crippen molar-refractivity contribution in [2.45, 2.75) is 7.43 Å². The van der Waals surface area contributed by atoms with E-state index in [9.17, 15) is 9.59 Å². The highest BCUT2D eigenvalue weighted by Gasteiger charge is 2.03. The van der Waals surface area contributed by atoms with Gasteiger partial charge in [-0.05, 0) is 18.2 Å². The molecular formula is C9H12N2O2. The largest absolute Gasteiger partial charge is 0.366 e. The van der Waals surface area contributed by atoms with E-state index in [-0.39, 0.29) is 18.6 Å². The summed E-state index contributed by atoms with van der Waals surface area (Å²) in [5.74, 6) is -1.14. The van der Waals surface area contributed by atoms with Crippen LogP contribution in [0, 0.1) is 0 Å². The average Bonchev–Trinajstić information content (AvgIpc) is 2.04. The molecule has 0 saturated carbocycles. The van der Waals surface area contributed by atoms with Gasteiger partial charge in [0.25, 0.3) is 0 Å². The van der Waals surface area contributed by atoms with Crippen LogP contribution >= 0.6 is 0 Å². The van der Waals surface area contributed by atoms with Crippen LogP contribution in [0.1, 0.15) is 28.1 Å². The lowest BCUT2D eigenvalue weighted by Gasteiger charge is -1.97. The molecule has 4 N–H and O–H groups in total. The van der Waals surface area contributed by atoms with Crippen LogP contribution in [-0.4, -0.2) is 11.8 Å². The van der Waals surface area contributed by atoms with E-state index in [4.69, 9.17) is 11.5 Å². The molecule has 2 amide bonds. The predicted octanol–water partition coefficient (Wildman–Crippen LogP) is 0.520. The summed E-state index contributed by atoms with van der Waals surface area (Å²) in [6.07, 6.45) is 0. The maximum atomic E-state index is 10.6. The van der Waals surface area contributed by atoms with Gasteiger partial charge in [-0.2, -0.15) is 0 Å². The molecule has 4 heteroatoms. The van der Waals surface area contributed by atoms with E-state index in [2.05, 4.69) is 0 Å². The van der Waals surface area contributed by atoms with Crippen molar-refractivity contribution in [1.29, 1.82) is 0 Å². The summed E-state index contributed by atoms with van der Waals surface area (Å²) in [5.41, 5.74) is 10.6. The summed E-state index contributed by atoms with van der Waals surface area (Å²) in [6.45, 7) is 0. The number of hydrogen-bond donors (Lipinski definition) is 2. The molecule has 4 nitrogen and oxygen atoms in total. The van der Waals surface area contributed by atoms with Gasteiger partial charge in [0.1, 0.15) is 0 Å². The molecular weight excluding hydrogens is 168 g/mol. The van der Waals surface area contributed by atoms with Crippen molar-refractivity contribution in [2.75, 3.05) is 0 Å². The van der Waals surface area contributed by atoms with Gasteiger partial charge in [-0.3, -0.25) is 9.59 Å². The molecule has 70 valence electrons. The second kappa shape index (κ2) is 4.25. The zero-order valence-electron chi connectivity index (χ0n) is 6.28. The maximum absolute atomic E-state index is 10.6. The number of amides is 2. The van der Waals surface area contributed by atoms with Gasteiger partial charge in [0.15, 0.2) is 0 Å². The SMILES string of the molecule is C.NC(=O)c1cccc(C(N)=O)c1. The monoisotopic (exact) mass is 180 g/mol. The van der Waals surface area contributed by atoms with Crippen LogP contribution in [-0.2, 0) is 0 Å². The average molecular weight is 180 g/mol. The lowest BCUT2D eigenvalue weighted by atomic mass is 10.1. The summed E-state index contributed by atoms with van der Waals surface area (Å²) in [6, 6.07) is 5.97. The molecule has 0 fully saturated rings. The third-order valence-electron chi connectivity index (χ3n) is 1.43. The first-order valence-electron chi connectivity index (χ1n) is 3.31. The number of carbonyl (C=O) groups is 2. The number of primary amides is 2. The Morgan fingerprint density at radius 1 is 1.00 bits per heavy atom. The van der Waals surface area contributed by atoms with E-state index in [0.29, 0.717) is 0 Å². The maximum Gasteiger partial charge on any atom is 0.248 e. The molecule has 13 heavy (non-hydrogen) atoms. The number of nitrogens with two attached hydrogens (primary N) is 2. The second-order valence-corrected chi connectivity index (χ2v) is 2.31. The Morgan fingerprint density at radius 2 is 1.38 bits per heavy atom. The number of rotatable bonds is 2. The molecule has 0 atom stereocenters. The first kappa shape index (κ1) is 11.2. The van der Waals surface area contributed by atoms with Gasteiger partial charge in [-0.15, -0.1) is 0 Å². The van der Waals surface area contributed by atoms with Gasteiger partial charge in [0.05, 0.1) is 0 Å². The van der Waals surface area contributed by atoms with Crippen LogP contribution < -0.4 is 11.5 Å². The fraction of sp³-hybridized carbons (Fsp3) is 0.111. The van der Waals surface area contributed by atoms with E-state index in [1.807, 2.05) is 0 Å². The molecule has 0 heterocycles. The Kier molecular flexibility index (Phi) is 3.65. The molecule has 0 bridgehead atoms. The van der Waals surface area contributed by atoms with Crippen LogP contribution in [0.5, 0.6) is 0 Å². The molecule has 1 rings (SSSR count). The van der Waals surface area contributed by atoms with Gasteiger partial charge in [0, 0.05) is 11.1 Å². The van der Waals surface area contributed by atoms with E-state index >= 15 is 0 Å².